The number of carbonyl (C=O) groups excluding carboxylic acids is 1. The summed E-state index contributed by atoms with van der Waals surface area (Å²) in [6.07, 6.45) is 4.63. The number of carboxylic acid groups (broad SMARTS) is 1. The van der Waals surface area contributed by atoms with Gasteiger partial charge in [-0.1, -0.05) is 19.8 Å². The number of nitrogens with one attached hydrogen (secondary N) is 2. The average molecular weight is 286 g/mol. The Kier molecular flexibility index (Phi) is 8.02. The number of hydrogen-bond donors (Lipinski definition) is 3. The largest absolute Gasteiger partial charge is 0.481 e. The van der Waals surface area contributed by atoms with Crippen molar-refractivity contribution < 1.29 is 19.4 Å². The molecule has 6 nitrogen and oxygen atoms in total. The third kappa shape index (κ3) is 7.33. The van der Waals surface area contributed by atoms with Crippen molar-refractivity contribution >= 4 is 12.0 Å². The van der Waals surface area contributed by atoms with Crippen molar-refractivity contribution in [2.24, 2.45) is 5.92 Å². The molecule has 20 heavy (non-hydrogen) atoms. The summed E-state index contributed by atoms with van der Waals surface area (Å²) >= 11 is 0. The first kappa shape index (κ1) is 16.8. The van der Waals surface area contributed by atoms with Gasteiger partial charge in [0.1, 0.15) is 0 Å². The molecule has 0 radical (unpaired) electrons. The van der Waals surface area contributed by atoms with Crippen molar-refractivity contribution in [2.75, 3.05) is 19.8 Å². The second kappa shape index (κ2) is 9.58. The number of ether oxygens (including phenoxy) is 1. The molecule has 1 fully saturated rings. The Morgan fingerprint density at radius 1 is 1.35 bits per heavy atom. The Morgan fingerprint density at radius 2 is 2.15 bits per heavy atom. The molecular weight excluding hydrogens is 260 g/mol. The van der Waals surface area contributed by atoms with Gasteiger partial charge < -0.3 is 20.5 Å². The lowest BCUT2D eigenvalue weighted by Gasteiger charge is -2.16. The van der Waals surface area contributed by atoms with E-state index in [4.69, 9.17) is 9.84 Å². The van der Waals surface area contributed by atoms with Crippen molar-refractivity contribution in [2.45, 2.75) is 51.5 Å². The van der Waals surface area contributed by atoms with Gasteiger partial charge in [0.05, 0.1) is 12.6 Å². The summed E-state index contributed by atoms with van der Waals surface area (Å²) in [6.45, 7) is 3.97. The van der Waals surface area contributed by atoms with Gasteiger partial charge in [0.2, 0.25) is 0 Å². The van der Waals surface area contributed by atoms with Gasteiger partial charge in [-0.25, -0.2) is 4.79 Å². The Hall–Kier alpha value is -1.30. The predicted octanol–water partition coefficient (Wildman–Crippen LogP) is 1.75. The fourth-order valence-corrected chi connectivity index (χ4v) is 2.44. The molecule has 0 saturated carbocycles. The third-order valence-electron chi connectivity index (χ3n) is 3.57. The van der Waals surface area contributed by atoms with Gasteiger partial charge in [0.25, 0.3) is 0 Å². The van der Waals surface area contributed by atoms with Gasteiger partial charge in [-0.05, 0) is 25.2 Å². The number of aliphatic carboxylic acids is 1. The number of carbonyl (C=O) groups is 2. The lowest BCUT2D eigenvalue weighted by atomic mass is 9.94. The summed E-state index contributed by atoms with van der Waals surface area (Å²) in [5, 5.41) is 14.4. The smallest absolute Gasteiger partial charge is 0.315 e. The van der Waals surface area contributed by atoms with Crippen LogP contribution in [0.5, 0.6) is 0 Å². The first-order valence-corrected chi connectivity index (χ1v) is 7.45. The molecule has 2 unspecified atom stereocenters. The molecule has 0 aromatic heterocycles. The van der Waals surface area contributed by atoms with E-state index in [0.717, 1.165) is 25.7 Å². The minimum atomic E-state index is -0.752. The number of rotatable bonds is 9. The molecule has 116 valence electrons. The van der Waals surface area contributed by atoms with Crippen molar-refractivity contribution in [3.63, 3.8) is 0 Å². The highest BCUT2D eigenvalue weighted by atomic mass is 16.5. The number of amides is 2. The molecule has 1 aliphatic rings. The normalized spacial score (nSPS) is 19.6. The van der Waals surface area contributed by atoms with E-state index in [9.17, 15) is 9.59 Å². The minimum absolute atomic E-state index is 0.119. The van der Waals surface area contributed by atoms with Crippen LogP contribution in [-0.2, 0) is 9.53 Å². The molecule has 1 saturated heterocycles. The van der Waals surface area contributed by atoms with E-state index < -0.39 is 5.97 Å². The second-order valence-corrected chi connectivity index (χ2v) is 5.34. The minimum Gasteiger partial charge on any atom is -0.481 e. The van der Waals surface area contributed by atoms with E-state index >= 15 is 0 Å². The monoisotopic (exact) mass is 286 g/mol. The first-order valence-electron chi connectivity index (χ1n) is 7.45. The number of carboxylic acids is 1. The fraction of sp³-hybridized carbons (Fsp3) is 0.857. The topological polar surface area (TPSA) is 87.7 Å². The van der Waals surface area contributed by atoms with E-state index in [2.05, 4.69) is 17.6 Å². The summed E-state index contributed by atoms with van der Waals surface area (Å²) in [5.41, 5.74) is 0. The van der Waals surface area contributed by atoms with E-state index in [1.165, 1.54) is 0 Å². The van der Waals surface area contributed by atoms with Crippen LogP contribution in [0.3, 0.4) is 0 Å². The van der Waals surface area contributed by atoms with Crippen molar-refractivity contribution in [3.05, 3.63) is 0 Å². The average Bonchev–Trinajstić information content (AvgIpc) is 2.88. The standard InChI is InChI=1S/C14H26N2O4/c1-2-3-11(4-5-13(17)18)6-8-15-14(19)16-12-7-9-20-10-12/h11-12H,2-10H2,1H3,(H,17,18)(H2,15,16,19). The number of urea groups is 1. The van der Waals surface area contributed by atoms with Crippen molar-refractivity contribution in [3.8, 4) is 0 Å². The van der Waals surface area contributed by atoms with Crippen LogP contribution in [0.1, 0.15) is 45.4 Å². The molecule has 3 N–H and O–H groups in total. The van der Waals surface area contributed by atoms with Crippen molar-refractivity contribution in [1.29, 1.82) is 0 Å². The summed E-state index contributed by atoms with van der Waals surface area (Å²) in [4.78, 5) is 22.2. The van der Waals surface area contributed by atoms with E-state index in [0.29, 0.717) is 32.1 Å². The Morgan fingerprint density at radius 3 is 2.75 bits per heavy atom. The maximum atomic E-state index is 11.6. The molecule has 1 aliphatic heterocycles. The molecule has 1 heterocycles. The fourth-order valence-electron chi connectivity index (χ4n) is 2.44. The van der Waals surface area contributed by atoms with Gasteiger partial charge in [-0.2, -0.15) is 0 Å². The maximum absolute atomic E-state index is 11.6. The van der Waals surface area contributed by atoms with Crippen LogP contribution in [0.25, 0.3) is 0 Å². The van der Waals surface area contributed by atoms with Gasteiger partial charge >= 0.3 is 12.0 Å². The zero-order valence-corrected chi connectivity index (χ0v) is 12.2. The molecule has 0 spiro atoms. The summed E-state index contributed by atoms with van der Waals surface area (Å²) in [7, 11) is 0. The van der Waals surface area contributed by atoms with Crippen LogP contribution in [0.15, 0.2) is 0 Å². The third-order valence-corrected chi connectivity index (χ3v) is 3.57. The summed E-state index contributed by atoms with van der Waals surface area (Å²) in [5.74, 6) is -0.385. The number of hydrogen-bond acceptors (Lipinski definition) is 3. The SMILES string of the molecule is CCCC(CCNC(=O)NC1CCOC1)CCC(=O)O. The zero-order chi connectivity index (χ0) is 14.8. The van der Waals surface area contributed by atoms with Crippen molar-refractivity contribution in [1.82, 2.24) is 10.6 Å². The lowest BCUT2D eigenvalue weighted by Crippen LogP contribution is -2.42. The maximum Gasteiger partial charge on any atom is 0.315 e. The van der Waals surface area contributed by atoms with Gasteiger partial charge in [0.15, 0.2) is 0 Å². The molecule has 2 atom stereocenters. The van der Waals surface area contributed by atoms with Gasteiger partial charge in [0, 0.05) is 19.6 Å². The Balaban J connectivity index is 2.14. The molecule has 0 aromatic rings. The highest BCUT2D eigenvalue weighted by molar-refractivity contribution is 5.74. The van der Waals surface area contributed by atoms with Crippen LogP contribution >= 0.6 is 0 Å². The van der Waals surface area contributed by atoms with Crippen LogP contribution < -0.4 is 10.6 Å². The van der Waals surface area contributed by atoms with Gasteiger partial charge in [-0.3, -0.25) is 4.79 Å². The Labute approximate surface area is 120 Å². The molecule has 0 bridgehead atoms. The Bertz CT molecular complexity index is 304. The van der Waals surface area contributed by atoms with E-state index in [1.807, 2.05) is 0 Å². The quantitative estimate of drug-likeness (QED) is 0.602. The predicted molar refractivity (Wildman–Crippen MR) is 75.6 cm³/mol. The zero-order valence-electron chi connectivity index (χ0n) is 12.2. The second-order valence-electron chi connectivity index (χ2n) is 5.34. The first-order chi connectivity index (χ1) is 9.61. The van der Waals surface area contributed by atoms with Crippen LogP contribution in [0.2, 0.25) is 0 Å². The van der Waals surface area contributed by atoms with Crippen LogP contribution in [0.4, 0.5) is 4.79 Å². The van der Waals surface area contributed by atoms with E-state index in [-0.39, 0.29) is 18.5 Å². The summed E-state index contributed by atoms with van der Waals surface area (Å²) < 4.78 is 5.19. The summed E-state index contributed by atoms with van der Waals surface area (Å²) in [6, 6.07) is -0.0394. The molecule has 0 aliphatic carbocycles. The lowest BCUT2D eigenvalue weighted by molar-refractivity contribution is -0.137. The van der Waals surface area contributed by atoms with E-state index in [1.54, 1.807) is 0 Å². The molecule has 6 heteroatoms. The highest BCUT2D eigenvalue weighted by Gasteiger charge is 2.17. The molecular formula is C14H26N2O4. The molecule has 1 rings (SSSR count). The van der Waals surface area contributed by atoms with Crippen LogP contribution in [-0.4, -0.2) is 42.9 Å². The molecule has 2 amide bonds. The highest BCUT2D eigenvalue weighted by Crippen LogP contribution is 2.17. The van der Waals surface area contributed by atoms with Crippen LogP contribution in [0, 0.1) is 5.92 Å². The molecule has 0 aromatic carbocycles. The van der Waals surface area contributed by atoms with Gasteiger partial charge in [-0.15, -0.1) is 0 Å².